The largest absolute Gasteiger partial charge is 0.481 e. The summed E-state index contributed by atoms with van der Waals surface area (Å²) in [4.78, 5) is 15.6. The quantitative estimate of drug-likeness (QED) is 0.734. The van der Waals surface area contributed by atoms with Crippen molar-refractivity contribution >= 4 is 5.97 Å². The number of carboxylic acid groups (broad SMARTS) is 1. The lowest BCUT2D eigenvalue weighted by atomic mass is 9.99. The van der Waals surface area contributed by atoms with Gasteiger partial charge in [-0.2, -0.15) is 0 Å². The molecule has 0 saturated carbocycles. The predicted octanol–water partition coefficient (Wildman–Crippen LogP) is 1.80. The minimum atomic E-state index is -0.661. The number of hydrogen-bond donors (Lipinski definition) is 1. The average Bonchev–Trinajstić information content (AvgIpc) is 2.38. The van der Waals surface area contributed by atoms with Gasteiger partial charge in [-0.25, -0.2) is 0 Å². The van der Waals surface area contributed by atoms with Crippen molar-refractivity contribution in [2.24, 2.45) is 0 Å². The molecule has 0 spiro atoms. The van der Waals surface area contributed by atoms with Crippen LogP contribution in [-0.4, -0.2) is 59.6 Å². The van der Waals surface area contributed by atoms with Gasteiger partial charge in [0.2, 0.25) is 0 Å². The standard InChI is InChI=1S/C14H26N2O2/c17-14(18)7-2-1-4-8-15-10-11-16-9-5-3-6-13(16)12-15/h13H,1-12H2,(H,17,18). The summed E-state index contributed by atoms with van der Waals surface area (Å²) in [5, 5.41) is 8.57. The van der Waals surface area contributed by atoms with Gasteiger partial charge in [0.25, 0.3) is 0 Å². The van der Waals surface area contributed by atoms with Gasteiger partial charge in [0.05, 0.1) is 0 Å². The number of piperidine rings is 1. The Hall–Kier alpha value is -0.610. The van der Waals surface area contributed by atoms with E-state index in [1.54, 1.807) is 0 Å². The third-order valence-corrected chi connectivity index (χ3v) is 4.29. The Kier molecular flexibility index (Phi) is 5.45. The van der Waals surface area contributed by atoms with Gasteiger partial charge in [0.1, 0.15) is 0 Å². The highest BCUT2D eigenvalue weighted by molar-refractivity contribution is 5.66. The molecule has 0 aromatic carbocycles. The van der Waals surface area contributed by atoms with Crippen LogP contribution < -0.4 is 0 Å². The molecule has 2 aliphatic heterocycles. The molecule has 0 aliphatic carbocycles. The summed E-state index contributed by atoms with van der Waals surface area (Å²) in [6.45, 7) is 6.13. The van der Waals surface area contributed by atoms with E-state index in [1.807, 2.05) is 0 Å². The summed E-state index contributed by atoms with van der Waals surface area (Å²) in [6.07, 6.45) is 7.52. The lowest BCUT2D eigenvalue weighted by Crippen LogP contribution is -2.54. The zero-order valence-corrected chi connectivity index (χ0v) is 11.3. The molecule has 0 amide bonds. The molecule has 104 valence electrons. The van der Waals surface area contributed by atoms with Gasteiger partial charge in [0, 0.05) is 32.1 Å². The highest BCUT2D eigenvalue weighted by Crippen LogP contribution is 2.21. The van der Waals surface area contributed by atoms with Crippen LogP contribution in [-0.2, 0) is 4.79 Å². The Morgan fingerprint density at radius 3 is 2.83 bits per heavy atom. The number of hydrogen-bond acceptors (Lipinski definition) is 3. The molecule has 2 aliphatic rings. The molecule has 2 heterocycles. The lowest BCUT2D eigenvalue weighted by molar-refractivity contribution is -0.137. The highest BCUT2D eigenvalue weighted by Gasteiger charge is 2.28. The number of piperazine rings is 1. The van der Waals surface area contributed by atoms with E-state index < -0.39 is 5.97 Å². The second kappa shape index (κ2) is 7.10. The molecule has 1 unspecified atom stereocenters. The number of unbranched alkanes of at least 4 members (excludes halogenated alkanes) is 2. The van der Waals surface area contributed by atoms with Gasteiger partial charge in [0.15, 0.2) is 0 Å². The van der Waals surface area contributed by atoms with Crippen LogP contribution >= 0.6 is 0 Å². The molecular formula is C14H26N2O2. The van der Waals surface area contributed by atoms with Crippen LogP contribution in [0.15, 0.2) is 0 Å². The van der Waals surface area contributed by atoms with E-state index in [0.717, 1.165) is 31.8 Å². The SMILES string of the molecule is O=C(O)CCCCCN1CCN2CCCCC2C1. The maximum Gasteiger partial charge on any atom is 0.303 e. The first-order valence-corrected chi connectivity index (χ1v) is 7.44. The van der Waals surface area contributed by atoms with Gasteiger partial charge >= 0.3 is 5.97 Å². The van der Waals surface area contributed by atoms with Gasteiger partial charge < -0.3 is 10.0 Å². The Bertz CT molecular complexity index is 271. The zero-order valence-electron chi connectivity index (χ0n) is 11.3. The fourth-order valence-electron chi connectivity index (χ4n) is 3.21. The fourth-order valence-corrected chi connectivity index (χ4v) is 3.21. The third-order valence-electron chi connectivity index (χ3n) is 4.29. The molecule has 1 atom stereocenters. The van der Waals surface area contributed by atoms with E-state index in [-0.39, 0.29) is 0 Å². The summed E-state index contributed by atoms with van der Waals surface area (Å²) < 4.78 is 0. The fraction of sp³-hybridized carbons (Fsp3) is 0.929. The van der Waals surface area contributed by atoms with Crippen LogP contribution in [0.3, 0.4) is 0 Å². The van der Waals surface area contributed by atoms with Crippen molar-refractivity contribution in [3.8, 4) is 0 Å². The smallest absolute Gasteiger partial charge is 0.303 e. The first kappa shape index (κ1) is 13.8. The maximum atomic E-state index is 10.4. The Labute approximate surface area is 110 Å². The van der Waals surface area contributed by atoms with Crippen LogP contribution in [0, 0.1) is 0 Å². The lowest BCUT2D eigenvalue weighted by Gasteiger charge is -2.44. The molecule has 0 aromatic heterocycles. The third kappa shape index (κ3) is 4.25. The normalized spacial score (nSPS) is 25.9. The summed E-state index contributed by atoms with van der Waals surface area (Å²) in [5.74, 6) is -0.661. The summed E-state index contributed by atoms with van der Waals surface area (Å²) >= 11 is 0. The van der Waals surface area contributed by atoms with Crippen LogP contribution in [0.4, 0.5) is 0 Å². The van der Waals surface area contributed by atoms with Gasteiger partial charge in [-0.3, -0.25) is 9.69 Å². The second-order valence-electron chi connectivity index (χ2n) is 5.69. The first-order valence-electron chi connectivity index (χ1n) is 7.44. The minimum Gasteiger partial charge on any atom is -0.481 e. The molecule has 4 heteroatoms. The Balaban J connectivity index is 1.58. The van der Waals surface area contributed by atoms with Crippen LogP contribution in [0.5, 0.6) is 0 Å². The average molecular weight is 254 g/mol. The molecule has 2 fully saturated rings. The number of carbonyl (C=O) groups is 1. The summed E-state index contributed by atoms with van der Waals surface area (Å²) in [5.41, 5.74) is 0. The highest BCUT2D eigenvalue weighted by atomic mass is 16.4. The van der Waals surface area contributed by atoms with E-state index in [2.05, 4.69) is 9.80 Å². The Morgan fingerprint density at radius 1 is 1.11 bits per heavy atom. The number of carboxylic acids is 1. The van der Waals surface area contributed by atoms with E-state index in [4.69, 9.17) is 5.11 Å². The topological polar surface area (TPSA) is 43.8 Å². The van der Waals surface area contributed by atoms with Crippen molar-refractivity contribution in [1.82, 2.24) is 9.80 Å². The van der Waals surface area contributed by atoms with E-state index in [9.17, 15) is 4.79 Å². The van der Waals surface area contributed by atoms with Crippen LogP contribution in [0.2, 0.25) is 0 Å². The van der Waals surface area contributed by atoms with Gasteiger partial charge in [-0.1, -0.05) is 12.8 Å². The molecule has 2 rings (SSSR count). The van der Waals surface area contributed by atoms with Crippen molar-refractivity contribution in [3.63, 3.8) is 0 Å². The monoisotopic (exact) mass is 254 g/mol. The Morgan fingerprint density at radius 2 is 2.00 bits per heavy atom. The van der Waals surface area contributed by atoms with Crippen molar-refractivity contribution in [1.29, 1.82) is 0 Å². The van der Waals surface area contributed by atoms with Gasteiger partial charge in [-0.15, -0.1) is 0 Å². The van der Waals surface area contributed by atoms with Crippen molar-refractivity contribution < 1.29 is 9.90 Å². The molecule has 0 radical (unpaired) electrons. The molecule has 0 bridgehead atoms. The molecule has 2 saturated heterocycles. The number of fused-ring (bicyclic) bond motifs is 1. The minimum absolute atomic E-state index is 0.330. The summed E-state index contributed by atoms with van der Waals surface area (Å²) in [6, 6.07) is 0.798. The zero-order chi connectivity index (χ0) is 12.8. The maximum absolute atomic E-state index is 10.4. The molecule has 1 N–H and O–H groups in total. The van der Waals surface area contributed by atoms with Crippen LogP contribution in [0.1, 0.15) is 44.9 Å². The van der Waals surface area contributed by atoms with E-state index in [1.165, 1.54) is 45.4 Å². The van der Waals surface area contributed by atoms with Crippen LogP contribution in [0.25, 0.3) is 0 Å². The second-order valence-corrected chi connectivity index (χ2v) is 5.69. The first-order chi connectivity index (χ1) is 8.75. The van der Waals surface area contributed by atoms with E-state index >= 15 is 0 Å². The van der Waals surface area contributed by atoms with Crippen molar-refractivity contribution in [3.05, 3.63) is 0 Å². The number of nitrogens with zero attached hydrogens (tertiary/aromatic N) is 2. The molecule has 18 heavy (non-hydrogen) atoms. The number of rotatable bonds is 6. The number of aliphatic carboxylic acids is 1. The van der Waals surface area contributed by atoms with Gasteiger partial charge in [-0.05, 0) is 38.8 Å². The van der Waals surface area contributed by atoms with Crippen molar-refractivity contribution in [2.45, 2.75) is 51.0 Å². The predicted molar refractivity (Wildman–Crippen MR) is 71.8 cm³/mol. The van der Waals surface area contributed by atoms with E-state index in [0.29, 0.717) is 6.42 Å². The summed E-state index contributed by atoms with van der Waals surface area (Å²) in [7, 11) is 0. The molecular weight excluding hydrogens is 228 g/mol. The molecule has 4 nitrogen and oxygen atoms in total. The molecule has 0 aromatic rings. The van der Waals surface area contributed by atoms with Crippen molar-refractivity contribution in [2.75, 3.05) is 32.7 Å².